The number of aryl methyl sites for hydroxylation is 1. The maximum Gasteiger partial charge on any atom is 0.270 e. The minimum absolute atomic E-state index is 0.0886. The van der Waals surface area contributed by atoms with Crippen molar-refractivity contribution in [3.8, 4) is 0 Å². The second kappa shape index (κ2) is 6.02. The van der Waals surface area contributed by atoms with Crippen LogP contribution in [-0.4, -0.2) is 15.2 Å². The van der Waals surface area contributed by atoms with Crippen molar-refractivity contribution in [2.75, 3.05) is 4.90 Å². The van der Waals surface area contributed by atoms with Gasteiger partial charge in [-0.05, 0) is 49.2 Å². The minimum atomic E-state index is -0.0886. The Bertz CT molecular complexity index is 785. The van der Waals surface area contributed by atoms with E-state index in [2.05, 4.69) is 4.98 Å². The number of pyridine rings is 1. The lowest BCUT2D eigenvalue weighted by molar-refractivity contribution is -0.113. The molecule has 1 fully saturated rings. The van der Waals surface area contributed by atoms with Crippen molar-refractivity contribution in [3.05, 3.63) is 64.3 Å². The van der Waals surface area contributed by atoms with Crippen LogP contribution in [-0.2, 0) is 4.79 Å². The Morgan fingerprint density at radius 1 is 1.18 bits per heavy atom. The van der Waals surface area contributed by atoms with Gasteiger partial charge in [-0.1, -0.05) is 42.2 Å². The Morgan fingerprint density at radius 2 is 2.00 bits per heavy atom. The predicted octanol–water partition coefficient (Wildman–Crippen LogP) is 4.10. The van der Waals surface area contributed by atoms with E-state index in [0.717, 1.165) is 22.5 Å². The van der Waals surface area contributed by atoms with Crippen LogP contribution in [0.2, 0.25) is 0 Å². The lowest BCUT2D eigenvalue weighted by Crippen LogP contribution is -2.28. The molecule has 1 aromatic heterocycles. The van der Waals surface area contributed by atoms with Crippen molar-refractivity contribution in [3.63, 3.8) is 0 Å². The van der Waals surface area contributed by atoms with Crippen molar-refractivity contribution >= 4 is 46.0 Å². The zero-order chi connectivity index (χ0) is 15.7. The molecule has 2 heterocycles. The quantitative estimate of drug-likeness (QED) is 0.614. The number of rotatable bonds is 2. The smallest absolute Gasteiger partial charge is 0.268 e. The molecule has 3 rings (SSSR count). The zero-order valence-corrected chi connectivity index (χ0v) is 13.9. The highest BCUT2D eigenvalue weighted by Gasteiger charge is 2.34. The molecular formula is C17H14N2OS2. The van der Waals surface area contributed by atoms with Crippen molar-refractivity contribution in [1.29, 1.82) is 0 Å². The number of anilines is 1. The molecular weight excluding hydrogens is 312 g/mol. The average molecular weight is 326 g/mol. The Hall–Kier alpha value is -1.98. The molecule has 1 amide bonds. The highest BCUT2D eigenvalue weighted by atomic mass is 32.2. The summed E-state index contributed by atoms with van der Waals surface area (Å²) in [5.74, 6) is -0.0886. The van der Waals surface area contributed by atoms with E-state index < -0.39 is 0 Å². The number of thioether (sulfide) groups is 1. The third-order valence-corrected chi connectivity index (χ3v) is 4.88. The summed E-state index contributed by atoms with van der Waals surface area (Å²) in [4.78, 5) is 19.1. The summed E-state index contributed by atoms with van der Waals surface area (Å²) in [5.41, 5.74) is 3.81. The number of aromatic nitrogens is 1. The number of hydrogen-bond acceptors (Lipinski definition) is 4. The largest absolute Gasteiger partial charge is 0.270 e. The standard InChI is InChI=1S/C17H14N2OS2/c1-11-6-5-8-14(12(11)2)19-16(20)15(22-17(19)21)10-13-7-3-4-9-18-13/h3-10H,1-2H3. The highest BCUT2D eigenvalue weighted by molar-refractivity contribution is 8.27. The molecule has 1 aliphatic rings. The average Bonchev–Trinajstić information content (AvgIpc) is 2.78. The summed E-state index contributed by atoms with van der Waals surface area (Å²) in [6, 6.07) is 11.5. The number of benzene rings is 1. The summed E-state index contributed by atoms with van der Waals surface area (Å²) in [6.45, 7) is 4.03. The fourth-order valence-corrected chi connectivity index (χ4v) is 3.52. The Labute approximate surface area is 139 Å². The van der Waals surface area contributed by atoms with Gasteiger partial charge in [-0.15, -0.1) is 0 Å². The van der Waals surface area contributed by atoms with E-state index in [1.165, 1.54) is 11.8 Å². The number of thiocarbonyl (C=S) groups is 1. The second-order valence-electron chi connectivity index (χ2n) is 4.99. The van der Waals surface area contributed by atoms with Gasteiger partial charge in [-0.2, -0.15) is 0 Å². The van der Waals surface area contributed by atoms with Crippen LogP contribution in [0.4, 0.5) is 5.69 Å². The van der Waals surface area contributed by atoms with E-state index in [9.17, 15) is 4.79 Å². The number of nitrogens with zero attached hydrogens (tertiary/aromatic N) is 2. The highest BCUT2D eigenvalue weighted by Crippen LogP contribution is 2.37. The van der Waals surface area contributed by atoms with Crippen LogP contribution in [0.15, 0.2) is 47.5 Å². The maximum absolute atomic E-state index is 12.7. The molecule has 1 aliphatic heterocycles. The molecule has 110 valence electrons. The molecule has 0 N–H and O–H groups in total. The van der Waals surface area contributed by atoms with E-state index in [1.54, 1.807) is 17.2 Å². The van der Waals surface area contributed by atoms with E-state index in [4.69, 9.17) is 12.2 Å². The molecule has 22 heavy (non-hydrogen) atoms. The molecule has 3 nitrogen and oxygen atoms in total. The van der Waals surface area contributed by atoms with Crippen LogP contribution >= 0.6 is 24.0 Å². The third-order valence-electron chi connectivity index (χ3n) is 3.58. The molecule has 0 aliphatic carbocycles. The summed E-state index contributed by atoms with van der Waals surface area (Å²) in [7, 11) is 0. The van der Waals surface area contributed by atoms with Gasteiger partial charge in [-0.25, -0.2) is 0 Å². The molecule has 2 aromatic rings. The van der Waals surface area contributed by atoms with Crippen molar-refractivity contribution in [2.45, 2.75) is 13.8 Å². The molecule has 1 saturated heterocycles. The van der Waals surface area contributed by atoms with Crippen LogP contribution in [0.25, 0.3) is 6.08 Å². The topological polar surface area (TPSA) is 33.2 Å². The van der Waals surface area contributed by atoms with Gasteiger partial charge in [0.05, 0.1) is 16.3 Å². The van der Waals surface area contributed by atoms with Crippen molar-refractivity contribution in [2.24, 2.45) is 0 Å². The van der Waals surface area contributed by atoms with Crippen molar-refractivity contribution in [1.82, 2.24) is 4.98 Å². The van der Waals surface area contributed by atoms with Crippen LogP contribution < -0.4 is 4.90 Å². The van der Waals surface area contributed by atoms with Gasteiger partial charge in [-0.3, -0.25) is 14.7 Å². The molecule has 5 heteroatoms. The number of hydrogen-bond donors (Lipinski definition) is 0. The summed E-state index contributed by atoms with van der Waals surface area (Å²) in [6.07, 6.45) is 3.49. The molecule has 0 radical (unpaired) electrons. The Balaban J connectivity index is 1.99. The first-order valence-corrected chi connectivity index (χ1v) is 8.05. The number of carbonyl (C=O) groups is 1. The molecule has 0 saturated carbocycles. The predicted molar refractivity (Wildman–Crippen MR) is 95.8 cm³/mol. The second-order valence-corrected chi connectivity index (χ2v) is 6.67. The summed E-state index contributed by atoms with van der Waals surface area (Å²) < 4.78 is 0.556. The van der Waals surface area contributed by atoms with Gasteiger partial charge < -0.3 is 0 Å². The molecule has 0 unspecified atom stereocenters. The van der Waals surface area contributed by atoms with Crippen molar-refractivity contribution < 1.29 is 4.79 Å². The zero-order valence-electron chi connectivity index (χ0n) is 12.2. The fourth-order valence-electron chi connectivity index (χ4n) is 2.25. The first kappa shape index (κ1) is 14.9. The first-order chi connectivity index (χ1) is 10.6. The molecule has 0 bridgehead atoms. The SMILES string of the molecule is Cc1cccc(N2C(=O)C(=Cc3ccccn3)SC2=S)c1C. The summed E-state index contributed by atoms with van der Waals surface area (Å²) in [5, 5.41) is 0. The van der Waals surface area contributed by atoms with Gasteiger partial charge in [0.15, 0.2) is 4.32 Å². The van der Waals surface area contributed by atoms with Crippen LogP contribution in [0, 0.1) is 13.8 Å². The Morgan fingerprint density at radius 3 is 2.73 bits per heavy atom. The van der Waals surface area contributed by atoms with Gasteiger partial charge in [0.2, 0.25) is 0 Å². The van der Waals surface area contributed by atoms with E-state index in [1.807, 2.05) is 50.2 Å². The molecule has 0 spiro atoms. The number of carbonyl (C=O) groups excluding carboxylic acids is 1. The van der Waals surface area contributed by atoms with Crippen LogP contribution in [0.5, 0.6) is 0 Å². The monoisotopic (exact) mass is 326 g/mol. The van der Waals surface area contributed by atoms with Gasteiger partial charge in [0.1, 0.15) is 0 Å². The normalized spacial score (nSPS) is 16.6. The lowest BCUT2D eigenvalue weighted by atomic mass is 10.1. The van der Waals surface area contributed by atoms with Gasteiger partial charge >= 0.3 is 0 Å². The third kappa shape index (κ3) is 2.69. The van der Waals surface area contributed by atoms with Gasteiger partial charge in [0.25, 0.3) is 5.91 Å². The summed E-state index contributed by atoms with van der Waals surface area (Å²) >= 11 is 6.72. The molecule has 0 atom stereocenters. The Kier molecular flexibility index (Phi) is 4.09. The number of amides is 1. The molecule has 1 aromatic carbocycles. The maximum atomic E-state index is 12.7. The van der Waals surface area contributed by atoms with E-state index in [-0.39, 0.29) is 5.91 Å². The first-order valence-electron chi connectivity index (χ1n) is 6.83. The lowest BCUT2D eigenvalue weighted by Gasteiger charge is -2.18. The van der Waals surface area contributed by atoms with Crippen LogP contribution in [0.3, 0.4) is 0 Å². The van der Waals surface area contributed by atoms with E-state index in [0.29, 0.717) is 9.23 Å². The van der Waals surface area contributed by atoms with Crippen LogP contribution in [0.1, 0.15) is 16.8 Å². The fraction of sp³-hybridized carbons (Fsp3) is 0.118. The minimum Gasteiger partial charge on any atom is -0.268 e. The van der Waals surface area contributed by atoms with E-state index >= 15 is 0 Å². The van der Waals surface area contributed by atoms with Gasteiger partial charge in [0, 0.05) is 6.20 Å².